The number of rotatable bonds is 10. The van der Waals surface area contributed by atoms with Crippen molar-refractivity contribution in [3.63, 3.8) is 0 Å². The molecule has 6 nitrogen and oxygen atoms in total. The van der Waals surface area contributed by atoms with Gasteiger partial charge in [-0.1, -0.05) is 48.5 Å². The molecule has 0 fully saturated rings. The van der Waals surface area contributed by atoms with Gasteiger partial charge in [0.1, 0.15) is 12.4 Å². The van der Waals surface area contributed by atoms with E-state index in [1.54, 1.807) is 24.6 Å². The van der Waals surface area contributed by atoms with Crippen molar-refractivity contribution in [3.05, 3.63) is 99.4 Å². The van der Waals surface area contributed by atoms with E-state index in [0.29, 0.717) is 42.4 Å². The number of carbonyl (C=O) groups excluding carboxylic acids is 2. The van der Waals surface area contributed by atoms with Gasteiger partial charge in [-0.2, -0.15) is 0 Å². The lowest BCUT2D eigenvalue weighted by Gasteiger charge is -2.27. The molecule has 4 rings (SSSR count). The summed E-state index contributed by atoms with van der Waals surface area (Å²) in [6, 6.07) is 19.9. The number of Topliss-reactive ketones (excluding diaryl/α,β-unsaturated/α-hetero) is 1. The van der Waals surface area contributed by atoms with Gasteiger partial charge in [0, 0.05) is 20.3 Å². The molecule has 0 saturated heterocycles. The molecule has 0 saturated carbocycles. The first-order chi connectivity index (χ1) is 16.1. The molecule has 0 aliphatic carbocycles. The predicted molar refractivity (Wildman–Crippen MR) is 126 cm³/mol. The Morgan fingerprint density at radius 1 is 1.09 bits per heavy atom. The molecule has 1 unspecified atom stereocenters. The smallest absolute Gasteiger partial charge is 0.290 e. The molecule has 3 aromatic rings. The molecule has 1 aliphatic rings. The summed E-state index contributed by atoms with van der Waals surface area (Å²) in [4.78, 5) is 28.2. The monoisotopic (exact) mass is 463 g/mol. The molecule has 0 radical (unpaired) electrons. The average molecular weight is 464 g/mol. The molecule has 1 N–H and O–H groups in total. The van der Waals surface area contributed by atoms with Gasteiger partial charge in [0.25, 0.3) is 5.91 Å². The zero-order valence-electron chi connectivity index (χ0n) is 18.3. The number of ether oxygens (including phenoxy) is 2. The molecular weight excluding hydrogens is 438 g/mol. The molecular formula is C26H25NO5S. The van der Waals surface area contributed by atoms with Crippen LogP contribution in [0.2, 0.25) is 0 Å². The molecule has 1 amide bonds. The van der Waals surface area contributed by atoms with Crippen LogP contribution >= 0.6 is 11.3 Å². The highest BCUT2D eigenvalue weighted by Gasteiger charge is 2.43. The zero-order valence-corrected chi connectivity index (χ0v) is 19.1. The average Bonchev–Trinajstić information content (AvgIpc) is 3.47. The highest BCUT2D eigenvalue weighted by atomic mass is 32.1. The first-order valence-electron chi connectivity index (χ1n) is 10.7. The molecule has 1 atom stereocenters. The Balaban J connectivity index is 1.66. The van der Waals surface area contributed by atoms with Crippen LogP contribution in [0.4, 0.5) is 0 Å². The number of aliphatic hydroxyl groups excluding tert-OH is 1. The van der Waals surface area contributed by atoms with Crippen LogP contribution in [0.15, 0.2) is 83.4 Å². The third-order valence-electron chi connectivity index (χ3n) is 5.46. The van der Waals surface area contributed by atoms with Crippen molar-refractivity contribution in [1.29, 1.82) is 0 Å². The van der Waals surface area contributed by atoms with E-state index in [0.717, 1.165) is 5.56 Å². The van der Waals surface area contributed by atoms with Gasteiger partial charge in [-0.05, 0) is 41.1 Å². The molecule has 170 valence electrons. The molecule has 2 heterocycles. The van der Waals surface area contributed by atoms with Gasteiger partial charge in [-0.25, -0.2) is 0 Å². The highest BCUT2D eigenvalue weighted by molar-refractivity contribution is 7.12. The van der Waals surface area contributed by atoms with E-state index in [-0.39, 0.29) is 11.4 Å². The number of benzene rings is 2. The standard InChI is InChI=1S/C26H25NO5S/c1-31-14-7-13-27-23(22(25(29)26(27)30)24(28)21-12-6-15-33-21)19-10-5-11-20(16-19)32-17-18-8-3-2-4-9-18/h2-6,8-12,15-16,23,29H,7,13-14,17H2,1H3. The molecule has 1 aromatic heterocycles. The summed E-state index contributed by atoms with van der Waals surface area (Å²) in [6.45, 7) is 1.21. The van der Waals surface area contributed by atoms with E-state index in [1.165, 1.54) is 16.2 Å². The summed E-state index contributed by atoms with van der Waals surface area (Å²) in [6.07, 6.45) is 0.580. The molecule has 2 aromatic carbocycles. The molecule has 0 spiro atoms. The van der Waals surface area contributed by atoms with Gasteiger partial charge >= 0.3 is 0 Å². The zero-order chi connectivity index (χ0) is 23.2. The minimum Gasteiger partial charge on any atom is -0.503 e. The fourth-order valence-electron chi connectivity index (χ4n) is 3.90. The van der Waals surface area contributed by atoms with Crippen molar-refractivity contribution < 1.29 is 24.2 Å². The highest BCUT2D eigenvalue weighted by Crippen LogP contribution is 2.40. The van der Waals surface area contributed by atoms with Crippen molar-refractivity contribution in [2.75, 3.05) is 20.3 Å². The van der Waals surface area contributed by atoms with Gasteiger partial charge in [0.05, 0.1) is 16.5 Å². The van der Waals surface area contributed by atoms with E-state index in [1.807, 2.05) is 54.6 Å². The summed E-state index contributed by atoms with van der Waals surface area (Å²) in [5.74, 6) is -0.765. The Labute approximate surface area is 196 Å². The van der Waals surface area contributed by atoms with Crippen molar-refractivity contribution >= 4 is 23.0 Å². The van der Waals surface area contributed by atoms with Crippen LogP contribution in [-0.4, -0.2) is 42.0 Å². The largest absolute Gasteiger partial charge is 0.503 e. The Hall–Kier alpha value is -3.42. The normalized spacial score (nSPS) is 15.8. The number of methoxy groups -OCH3 is 1. The maximum Gasteiger partial charge on any atom is 0.290 e. The van der Waals surface area contributed by atoms with E-state index >= 15 is 0 Å². The fraction of sp³-hybridized carbons (Fsp3) is 0.231. The topological polar surface area (TPSA) is 76.1 Å². The minimum atomic E-state index is -0.704. The number of hydrogen-bond acceptors (Lipinski definition) is 6. The van der Waals surface area contributed by atoms with Gasteiger partial charge in [0.15, 0.2) is 5.76 Å². The Morgan fingerprint density at radius 3 is 2.64 bits per heavy atom. The number of hydrogen-bond donors (Lipinski definition) is 1. The molecule has 7 heteroatoms. The number of aliphatic hydroxyl groups is 1. The maximum absolute atomic E-state index is 13.3. The van der Waals surface area contributed by atoms with E-state index in [4.69, 9.17) is 9.47 Å². The van der Waals surface area contributed by atoms with Crippen LogP contribution in [-0.2, 0) is 16.1 Å². The summed E-state index contributed by atoms with van der Waals surface area (Å²) in [7, 11) is 1.60. The number of amides is 1. The second-order valence-electron chi connectivity index (χ2n) is 7.66. The van der Waals surface area contributed by atoms with E-state index in [9.17, 15) is 14.7 Å². The van der Waals surface area contributed by atoms with Crippen molar-refractivity contribution in [3.8, 4) is 5.75 Å². The van der Waals surface area contributed by atoms with Crippen LogP contribution in [0.25, 0.3) is 0 Å². The van der Waals surface area contributed by atoms with Gasteiger partial charge in [0.2, 0.25) is 5.78 Å². The predicted octanol–water partition coefficient (Wildman–Crippen LogP) is 4.94. The second kappa shape index (κ2) is 10.5. The Morgan fingerprint density at radius 2 is 1.91 bits per heavy atom. The number of ketones is 1. The molecule has 1 aliphatic heterocycles. The fourth-order valence-corrected chi connectivity index (χ4v) is 4.58. The summed E-state index contributed by atoms with van der Waals surface area (Å²) >= 11 is 1.28. The summed E-state index contributed by atoms with van der Waals surface area (Å²) in [5.41, 5.74) is 1.83. The van der Waals surface area contributed by atoms with Crippen LogP contribution < -0.4 is 4.74 Å². The van der Waals surface area contributed by atoms with Gasteiger partial charge in [-0.3, -0.25) is 9.59 Å². The lowest BCUT2D eigenvalue weighted by molar-refractivity contribution is -0.129. The van der Waals surface area contributed by atoms with E-state index < -0.39 is 17.7 Å². The quantitative estimate of drug-likeness (QED) is 0.340. The SMILES string of the molecule is COCCCN1C(=O)C(O)=C(C(=O)c2cccs2)C1c1cccc(OCc2ccccc2)c1. The molecule has 0 bridgehead atoms. The van der Waals surface area contributed by atoms with Gasteiger partial charge < -0.3 is 19.5 Å². The van der Waals surface area contributed by atoms with Crippen LogP contribution in [0.1, 0.15) is 33.3 Å². The minimum absolute atomic E-state index is 0.0973. The Bertz CT molecular complexity index is 1140. The lowest BCUT2D eigenvalue weighted by Crippen LogP contribution is -2.32. The van der Waals surface area contributed by atoms with Crippen LogP contribution in [0.3, 0.4) is 0 Å². The third-order valence-corrected chi connectivity index (χ3v) is 6.33. The van der Waals surface area contributed by atoms with Crippen molar-refractivity contribution in [1.82, 2.24) is 4.90 Å². The molecule has 33 heavy (non-hydrogen) atoms. The first kappa shape index (κ1) is 22.8. The maximum atomic E-state index is 13.3. The summed E-state index contributed by atoms with van der Waals surface area (Å²) in [5, 5.41) is 12.5. The van der Waals surface area contributed by atoms with E-state index in [2.05, 4.69) is 0 Å². The number of nitrogens with zero attached hydrogens (tertiary/aromatic N) is 1. The summed E-state index contributed by atoms with van der Waals surface area (Å²) < 4.78 is 11.1. The van der Waals surface area contributed by atoms with Crippen LogP contribution in [0, 0.1) is 0 Å². The van der Waals surface area contributed by atoms with Crippen molar-refractivity contribution in [2.24, 2.45) is 0 Å². The number of thiophene rings is 1. The third kappa shape index (κ3) is 4.99. The second-order valence-corrected chi connectivity index (χ2v) is 8.61. The number of carbonyl (C=O) groups is 2. The van der Waals surface area contributed by atoms with Crippen LogP contribution in [0.5, 0.6) is 5.75 Å². The Kier molecular flexibility index (Phi) is 7.22. The first-order valence-corrected chi connectivity index (χ1v) is 11.6. The van der Waals surface area contributed by atoms with Gasteiger partial charge in [-0.15, -0.1) is 11.3 Å². The van der Waals surface area contributed by atoms with Crippen molar-refractivity contribution in [2.45, 2.75) is 19.1 Å². The lowest BCUT2D eigenvalue weighted by atomic mass is 9.95.